The van der Waals surface area contributed by atoms with Crippen molar-refractivity contribution in [2.24, 2.45) is 0 Å². The largest absolute Gasteiger partial charge is 0.456 e. The molecule has 0 bridgehead atoms. The number of hydrogen-bond acceptors (Lipinski definition) is 4. The molecule has 7 aromatic carbocycles. The first-order chi connectivity index (χ1) is 23.8. The quantitative estimate of drug-likeness (QED) is 0.199. The second kappa shape index (κ2) is 9.47. The molecular formula is C43H24N4O. The first kappa shape index (κ1) is 25.6. The maximum atomic E-state index is 6.65. The highest BCUT2D eigenvalue weighted by Crippen LogP contribution is 2.53. The fourth-order valence-corrected chi connectivity index (χ4v) is 7.78. The molecule has 48 heavy (non-hydrogen) atoms. The lowest BCUT2D eigenvalue weighted by Gasteiger charge is -2.14. The van der Waals surface area contributed by atoms with Gasteiger partial charge in [-0.25, -0.2) is 4.98 Å². The first-order valence-electron chi connectivity index (χ1n) is 16.1. The van der Waals surface area contributed by atoms with Crippen LogP contribution < -0.4 is 0 Å². The molecule has 0 spiro atoms. The van der Waals surface area contributed by atoms with E-state index in [1.54, 1.807) is 0 Å². The molecule has 0 saturated carbocycles. The number of aromatic nitrogens is 4. The maximum Gasteiger partial charge on any atom is 0.238 e. The van der Waals surface area contributed by atoms with Gasteiger partial charge in [0.1, 0.15) is 11.2 Å². The normalized spacial score (nSPS) is 12.2. The molecule has 222 valence electrons. The number of fused-ring (bicyclic) bond motifs is 7. The van der Waals surface area contributed by atoms with Gasteiger partial charge in [0, 0.05) is 44.3 Å². The fourth-order valence-electron chi connectivity index (χ4n) is 7.78. The zero-order chi connectivity index (χ0) is 31.3. The van der Waals surface area contributed by atoms with Crippen LogP contribution in [0.15, 0.2) is 150 Å². The van der Waals surface area contributed by atoms with Crippen molar-refractivity contribution in [1.82, 2.24) is 19.5 Å². The SMILES string of the molecule is c1ccc(-c2nc(-c3ccccc3)nc(-n3c4cc5oc6ccccc6c5c5c4c4c6c(cccc6ccc43)-c3ccccc3-5)n2)cc1. The minimum atomic E-state index is 0.565. The Kier molecular flexibility index (Phi) is 5.05. The molecule has 11 rings (SSSR count). The van der Waals surface area contributed by atoms with Crippen LogP contribution in [-0.4, -0.2) is 19.5 Å². The van der Waals surface area contributed by atoms with E-state index < -0.39 is 0 Å². The molecule has 0 N–H and O–H groups in total. The molecule has 0 saturated heterocycles. The van der Waals surface area contributed by atoms with Crippen molar-refractivity contribution in [3.05, 3.63) is 146 Å². The van der Waals surface area contributed by atoms with Crippen LogP contribution in [0.25, 0.3) is 105 Å². The number of benzene rings is 7. The summed E-state index contributed by atoms with van der Waals surface area (Å²) in [5.41, 5.74) is 10.4. The Morgan fingerprint density at radius 1 is 0.438 bits per heavy atom. The second-order valence-electron chi connectivity index (χ2n) is 12.4. The van der Waals surface area contributed by atoms with Crippen LogP contribution in [0.1, 0.15) is 0 Å². The third kappa shape index (κ3) is 3.42. The van der Waals surface area contributed by atoms with Gasteiger partial charge in [0.15, 0.2) is 11.6 Å². The topological polar surface area (TPSA) is 56.7 Å². The summed E-state index contributed by atoms with van der Waals surface area (Å²) in [6.07, 6.45) is 0. The van der Waals surface area contributed by atoms with Crippen LogP contribution in [0, 0.1) is 0 Å². The molecule has 5 nitrogen and oxygen atoms in total. The van der Waals surface area contributed by atoms with Gasteiger partial charge in [-0.1, -0.05) is 127 Å². The highest BCUT2D eigenvalue weighted by molar-refractivity contribution is 6.35. The van der Waals surface area contributed by atoms with E-state index in [4.69, 9.17) is 19.4 Å². The monoisotopic (exact) mass is 612 g/mol. The molecule has 1 aliphatic carbocycles. The zero-order valence-electron chi connectivity index (χ0n) is 25.6. The summed E-state index contributed by atoms with van der Waals surface area (Å²) in [7, 11) is 0. The fraction of sp³-hybridized carbons (Fsp3) is 0. The van der Waals surface area contributed by atoms with E-state index in [2.05, 4.69) is 83.4 Å². The molecule has 5 heteroatoms. The lowest BCUT2D eigenvalue weighted by molar-refractivity contribution is 0.669. The maximum absolute atomic E-state index is 6.65. The van der Waals surface area contributed by atoms with Gasteiger partial charge in [-0.2, -0.15) is 9.97 Å². The first-order valence-corrected chi connectivity index (χ1v) is 16.1. The van der Waals surface area contributed by atoms with Crippen molar-refractivity contribution < 1.29 is 4.42 Å². The molecule has 0 amide bonds. The van der Waals surface area contributed by atoms with Gasteiger partial charge < -0.3 is 4.42 Å². The number of hydrogen-bond donors (Lipinski definition) is 0. The summed E-state index contributed by atoms with van der Waals surface area (Å²) in [6, 6.07) is 50.7. The minimum absolute atomic E-state index is 0.565. The Morgan fingerprint density at radius 3 is 1.88 bits per heavy atom. The summed E-state index contributed by atoms with van der Waals surface area (Å²) >= 11 is 0. The molecule has 3 aromatic heterocycles. The summed E-state index contributed by atoms with van der Waals surface area (Å²) in [5, 5.41) is 7.03. The van der Waals surface area contributed by atoms with E-state index in [0.717, 1.165) is 44.1 Å². The third-order valence-corrected chi connectivity index (χ3v) is 9.78. The van der Waals surface area contributed by atoms with Crippen LogP contribution in [0.3, 0.4) is 0 Å². The summed E-state index contributed by atoms with van der Waals surface area (Å²) in [6.45, 7) is 0. The number of nitrogens with zero attached hydrogens (tertiary/aromatic N) is 4. The van der Waals surface area contributed by atoms with E-state index in [-0.39, 0.29) is 0 Å². The molecule has 10 aromatic rings. The van der Waals surface area contributed by atoms with E-state index in [9.17, 15) is 0 Å². The average Bonchev–Trinajstić information content (AvgIpc) is 3.65. The van der Waals surface area contributed by atoms with Crippen LogP contribution in [0.4, 0.5) is 0 Å². The van der Waals surface area contributed by atoms with Crippen LogP contribution in [0.5, 0.6) is 0 Å². The lowest BCUT2D eigenvalue weighted by Crippen LogP contribution is -2.06. The van der Waals surface area contributed by atoms with Crippen molar-refractivity contribution in [3.8, 4) is 51.0 Å². The Bertz CT molecular complexity index is 2880. The van der Waals surface area contributed by atoms with Gasteiger partial charge in [0.05, 0.1) is 11.0 Å². The molecule has 1 aliphatic rings. The zero-order valence-corrected chi connectivity index (χ0v) is 25.6. The van der Waals surface area contributed by atoms with E-state index >= 15 is 0 Å². The summed E-state index contributed by atoms with van der Waals surface area (Å²) in [4.78, 5) is 15.4. The molecular weight excluding hydrogens is 589 g/mol. The Morgan fingerprint density at radius 2 is 1.10 bits per heavy atom. The third-order valence-electron chi connectivity index (χ3n) is 9.78. The van der Waals surface area contributed by atoms with Crippen molar-refractivity contribution in [1.29, 1.82) is 0 Å². The van der Waals surface area contributed by atoms with Crippen LogP contribution in [0.2, 0.25) is 0 Å². The molecule has 0 atom stereocenters. The predicted octanol–water partition coefficient (Wildman–Crippen LogP) is 11.0. The highest BCUT2D eigenvalue weighted by Gasteiger charge is 2.29. The van der Waals surface area contributed by atoms with Gasteiger partial charge in [0.2, 0.25) is 5.95 Å². The van der Waals surface area contributed by atoms with Gasteiger partial charge >= 0.3 is 0 Å². The predicted molar refractivity (Wildman–Crippen MR) is 194 cm³/mol. The molecule has 0 unspecified atom stereocenters. The lowest BCUT2D eigenvalue weighted by atomic mass is 9.91. The highest BCUT2D eigenvalue weighted by atomic mass is 16.3. The van der Waals surface area contributed by atoms with E-state index in [0.29, 0.717) is 17.6 Å². The van der Waals surface area contributed by atoms with Gasteiger partial charge in [-0.15, -0.1) is 0 Å². The Balaban J connectivity index is 1.38. The molecule has 0 aliphatic heterocycles. The van der Waals surface area contributed by atoms with Gasteiger partial charge in [0.25, 0.3) is 0 Å². The van der Waals surface area contributed by atoms with Crippen molar-refractivity contribution in [3.63, 3.8) is 0 Å². The summed E-state index contributed by atoms with van der Waals surface area (Å²) in [5.74, 6) is 1.81. The van der Waals surface area contributed by atoms with E-state index in [1.807, 2.05) is 66.7 Å². The van der Waals surface area contributed by atoms with Crippen molar-refractivity contribution >= 4 is 54.5 Å². The minimum Gasteiger partial charge on any atom is -0.456 e. The molecule has 3 heterocycles. The smallest absolute Gasteiger partial charge is 0.238 e. The number of rotatable bonds is 3. The Hall–Kier alpha value is -6.59. The van der Waals surface area contributed by atoms with Gasteiger partial charge in [-0.05, 0) is 39.6 Å². The average molecular weight is 613 g/mol. The number of para-hydroxylation sites is 1. The second-order valence-corrected chi connectivity index (χ2v) is 12.4. The standard InChI is InChI=1S/C43H24N4O/c1-3-12-26(13-4-1)41-44-42(27-14-5-2-6-15-27)46-43(45-41)47-32-23-22-25-16-11-20-29-28-17-7-8-18-30(28)38-37-31-19-9-10-21-34(31)48-35(37)24-33(47)40(38)39(32)36(25)29/h1-24H. The van der Waals surface area contributed by atoms with Crippen molar-refractivity contribution in [2.45, 2.75) is 0 Å². The number of furan rings is 1. The van der Waals surface area contributed by atoms with Crippen LogP contribution >= 0.6 is 0 Å². The van der Waals surface area contributed by atoms with Crippen molar-refractivity contribution in [2.75, 3.05) is 0 Å². The molecule has 0 radical (unpaired) electrons. The summed E-state index contributed by atoms with van der Waals surface area (Å²) < 4.78 is 8.86. The Labute approximate surface area is 274 Å². The van der Waals surface area contributed by atoms with E-state index in [1.165, 1.54) is 43.8 Å². The van der Waals surface area contributed by atoms with Gasteiger partial charge in [-0.3, -0.25) is 4.57 Å². The van der Waals surface area contributed by atoms with Crippen LogP contribution in [-0.2, 0) is 0 Å². The molecule has 0 fully saturated rings.